The lowest BCUT2D eigenvalue weighted by molar-refractivity contribution is 0.581. The van der Waals surface area contributed by atoms with E-state index in [1.807, 2.05) is 6.92 Å². The molecule has 0 aliphatic heterocycles. The fraction of sp³-hybridized carbons (Fsp3) is 0.400. The van der Waals surface area contributed by atoms with Crippen molar-refractivity contribution in [2.24, 2.45) is 5.92 Å². The van der Waals surface area contributed by atoms with E-state index in [4.69, 9.17) is 11.6 Å². The van der Waals surface area contributed by atoms with Crippen LogP contribution in [0.1, 0.15) is 21.8 Å². The summed E-state index contributed by atoms with van der Waals surface area (Å²) < 4.78 is 0. The van der Waals surface area contributed by atoms with Crippen molar-refractivity contribution in [2.45, 2.75) is 26.7 Å². The maximum Gasteiger partial charge on any atom is 0.0931 e. The molecule has 0 aliphatic carbocycles. The zero-order valence-corrected chi connectivity index (χ0v) is 12.4. The molecular formula is C15H18ClNS. The maximum atomic E-state index is 6.09. The van der Waals surface area contributed by atoms with Crippen LogP contribution in [0.5, 0.6) is 0 Å². The van der Waals surface area contributed by atoms with Gasteiger partial charge in [0.25, 0.3) is 0 Å². The Hall–Kier alpha value is -0.860. The third kappa shape index (κ3) is 3.82. The lowest BCUT2D eigenvalue weighted by Gasteiger charge is -2.12. The van der Waals surface area contributed by atoms with Gasteiger partial charge in [-0.15, -0.1) is 22.9 Å². The van der Waals surface area contributed by atoms with Crippen molar-refractivity contribution in [3.8, 4) is 0 Å². The standard InChI is InChI=1S/C15H18ClNS/c1-11-4-3-5-13(6-11)7-14(9-16)8-15-17-12(2)10-18-15/h3-6,10,14H,7-9H2,1-2H3. The number of hydrogen-bond donors (Lipinski definition) is 0. The first-order valence-electron chi connectivity index (χ1n) is 6.20. The zero-order chi connectivity index (χ0) is 13.0. The fourth-order valence-electron chi connectivity index (χ4n) is 2.10. The molecule has 1 atom stereocenters. The van der Waals surface area contributed by atoms with Crippen LogP contribution in [0.3, 0.4) is 0 Å². The highest BCUT2D eigenvalue weighted by atomic mass is 35.5. The predicted octanol–water partition coefficient (Wildman–Crippen LogP) is 4.40. The normalized spacial score (nSPS) is 12.6. The first-order valence-corrected chi connectivity index (χ1v) is 7.61. The Morgan fingerprint density at radius 1 is 1.28 bits per heavy atom. The molecule has 0 fully saturated rings. The van der Waals surface area contributed by atoms with Crippen molar-refractivity contribution < 1.29 is 0 Å². The van der Waals surface area contributed by atoms with E-state index >= 15 is 0 Å². The van der Waals surface area contributed by atoms with Gasteiger partial charge in [0.15, 0.2) is 0 Å². The molecule has 0 aliphatic rings. The third-order valence-corrected chi connectivity index (χ3v) is 4.38. The number of rotatable bonds is 5. The van der Waals surface area contributed by atoms with E-state index in [2.05, 4.69) is 41.6 Å². The Labute approximate surface area is 118 Å². The summed E-state index contributed by atoms with van der Waals surface area (Å²) in [7, 11) is 0. The summed E-state index contributed by atoms with van der Waals surface area (Å²) in [4.78, 5) is 4.52. The van der Waals surface area contributed by atoms with Crippen LogP contribution in [0.15, 0.2) is 29.6 Å². The molecule has 96 valence electrons. The molecule has 0 spiro atoms. The highest BCUT2D eigenvalue weighted by molar-refractivity contribution is 7.09. The van der Waals surface area contributed by atoms with Crippen molar-refractivity contribution in [1.29, 1.82) is 0 Å². The lowest BCUT2D eigenvalue weighted by atomic mass is 9.97. The van der Waals surface area contributed by atoms with Gasteiger partial charge < -0.3 is 0 Å². The van der Waals surface area contributed by atoms with Gasteiger partial charge in [-0.1, -0.05) is 29.8 Å². The second-order valence-electron chi connectivity index (χ2n) is 4.80. The average Bonchev–Trinajstić information content (AvgIpc) is 2.74. The van der Waals surface area contributed by atoms with E-state index in [1.165, 1.54) is 16.1 Å². The molecule has 2 aromatic rings. The molecule has 0 bridgehead atoms. The summed E-state index contributed by atoms with van der Waals surface area (Å²) in [6.45, 7) is 4.17. The number of aryl methyl sites for hydroxylation is 2. The summed E-state index contributed by atoms with van der Waals surface area (Å²) in [6.07, 6.45) is 2.01. The van der Waals surface area contributed by atoms with E-state index in [9.17, 15) is 0 Å². The van der Waals surface area contributed by atoms with Crippen LogP contribution in [0, 0.1) is 19.8 Å². The van der Waals surface area contributed by atoms with E-state index in [-0.39, 0.29) is 0 Å². The van der Waals surface area contributed by atoms with Crippen molar-refractivity contribution >= 4 is 22.9 Å². The Balaban J connectivity index is 2.01. The topological polar surface area (TPSA) is 12.9 Å². The van der Waals surface area contributed by atoms with E-state index in [1.54, 1.807) is 11.3 Å². The molecular weight excluding hydrogens is 262 g/mol. The summed E-state index contributed by atoms with van der Waals surface area (Å²) in [6, 6.07) is 8.67. The molecule has 1 aromatic heterocycles. The molecule has 18 heavy (non-hydrogen) atoms. The Kier molecular flexibility index (Phi) is 4.79. The largest absolute Gasteiger partial charge is 0.247 e. The molecule has 0 radical (unpaired) electrons. The molecule has 1 heterocycles. The van der Waals surface area contributed by atoms with E-state index < -0.39 is 0 Å². The van der Waals surface area contributed by atoms with Crippen LogP contribution in [0.4, 0.5) is 0 Å². The molecule has 1 unspecified atom stereocenters. The van der Waals surface area contributed by atoms with E-state index in [0.29, 0.717) is 11.8 Å². The molecule has 0 saturated heterocycles. The minimum atomic E-state index is 0.471. The minimum Gasteiger partial charge on any atom is -0.247 e. The lowest BCUT2D eigenvalue weighted by Crippen LogP contribution is -2.10. The molecule has 0 saturated carbocycles. The molecule has 0 amide bonds. The van der Waals surface area contributed by atoms with Gasteiger partial charge in [0.2, 0.25) is 0 Å². The Morgan fingerprint density at radius 3 is 2.72 bits per heavy atom. The second-order valence-corrected chi connectivity index (χ2v) is 6.05. The van der Waals surface area contributed by atoms with Crippen molar-refractivity contribution in [1.82, 2.24) is 4.98 Å². The van der Waals surface area contributed by atoms with Crippen LogP contribution in [0.25, 0.3) is 0 Å². The number of alkyl halides is 1. The number of thiazole rings is 1. The molecule has 3 heteroatoms. The van der Waals surface area contributed by atoms with Crippen molar-refractivity contribution in [3.05, 3.63) is 51.5 Å². The van der Waals surface area contributed by atoms with Gasteiger partial charge in [-0.05, 0) is 31.7 Å². The molecule has 0 N–H and O–H groups in total. The smallest absolute Gasteiger partial charge is 0.0931 e. The van der Waals surface area contributed by atoms with Crippen LogP contribution in [-0.2, 0) is 12.8 Å². The van der Waals surface area contributed by atoms with Gasteiger partial charge in [0, 0.05) is 23.4 Å². The first-order chi connectivity index (χ1) is 8.67. The van der Waals surface area contributed by atoms with Gasteiger partial charge in [0.05, 0.1) is 5.01 Å². The van der Waals surface area contributed by atoms with Crippen LogP contribution in [-0.4, -0.2) is 10.9 Å². The number of benzene rings is 1. The predicted molar refractivity (Wildman–Crippen MR) is 79.6 cm³/mol. The van der Waals surface area contributed by atoms with Gasteiger partial charge in [-0.3, -0.25) is 0 Å². The zero-order valence-electron chi connectivity index (χ0n) is 10.8. The summed E-state index contributed by atoms with van der Waals surface area (Å²) in [5, 5.41) is 3.30. The Bertz CT molecular complexity index is 507. The molecule has 2 rings (SSSR count). The van der Waals surface area contributed by atoms with E-state index in [0.717, 1.165) is 18.5 Å². The number of hydrogen-bond acceptors (Lipinski definition) is 2. The number of halogens is 1. The summed E-state index contributed by atoms with van der Waals surface area (Å²) >= 11 is 7.83. The summed E-state index contributed by atoms with van der Waals surface area (Å²) in [5.41, 5.74) is 3.79. The first kappa shape index (κ1) is 13.6. The minimum absolute atomic E-state index is 0.471. The van der Waals surface area contributed by atoms with Crippen LogP contribution < -0.4 is 0 Å². The highest BCUT2D eigenvalue weighted by Gasteiger charge is 2.12. The monoisotopic (exact) mass is 279 g/mol. The van der Waals surface area contributed by atoms with Gasteiger partial charge in [0.1, 0.15) is 0 Å². The third-order valence-electron chi connectivity index (χ3n) is 2.95. The summed E-state index contributed by atoms with van der Waals surface area (Å²) in [5.74, 6) is 1.16. The van der Waals surface area contributed by atoms with Gasteiger partial charge >= 0.3 is 0 Å². The second kappa shape index (κ2) is 6.35. The fourth-order valence-corrected chi connectivity index (χ4v) is 3.20. The van der Waals surface area contributed by atoms with Gasteiger partial charge in [-0.25, -0.2) is 4.98 Å². The highest BCUT2D eigenvalue weighted by Crippen LogP contribution is 2.19. The number of nitrogens with zero attached hydrogens (tertiary/aromatic N) is 1. The van der Waals surface area contributed by atoms with Crippen molar-refractivity contribution in [2.75, 3.05) is 5.88 Å². The number of aromatic nitrogens is 1. The quantitative estimate of drug-likeness (QED) is 0.739. The molecule has 1 aromatic carbocycles. The Morgan fingerprint density at radius 2 is 2.11 bits per heavy atom. The van der Waals surface area contributed by atoms with Gasteiger partial charge in [-0.2, -0.15) is 0 Å². The molecule has 1 nitrogen and oxygen atoms in total. The van der Waals surface area contributed by atoms with Crippen LogP contribution in [0.2, 0.25) is 0 Å². The average molecular weight is 280 g/mol. The van der Waals surface area contributed by atoms with Crippen LogP contribution >= 0.6 is 22.9 Å². The van der Waals surface area contributed by atoms with Crippen molar-refractivity contribution in [3.63, 3.8) is 0 Å². The SMILES string of the molecule is Cc1cccc(CC(CCl)Cc2nc(C)cs2)c1. The maximum absolute atomic E-state index is 6.09.